The Labute approximate surface area is 151 Å². The number of nitrogens with zero attached hydrogens (tertiary/aromatic N) is 1. The predicted molar refractivity (Wildman–Crippen MR) is 96.0 cm³/mol. The average molecular weight is 446 g/mol. The highest BCUT2D eigenvalue weighted by atomic mass is 127. The third kappa shape index (κ3) is 4.51. The quantitative estimate of drug-likeness (QED) is 0.477. The zero-order valence-electron chi connectivity index (χ0n) is 12.6. The number of halogens is 2. The van der Waals surface area contributed by atoms with E-state index in [1.165, 1.54) is 12.3 Å². The Bertz CT molecular complexity index is 721. The molecule has 0 radical (unpaired) electrons. The van der Waals surface area contributed by atoms with Crippen molar-refractivity contribution in [1.29, 1.82) is 0 Å². The van der Waals surface area contributed by atoms with Gasteiger partial charge < -0.3 is 21.5 Å². The number of hydrogen-bond acceptors (Lipinski definition) is 5. The predicted octanol–water partition coefficient (Wildman–Crippen LogP) is 0.533. The molecule has 1 atom stereocenters. The van der Waals surface area contributed by atoms with Crippen LogP contribution in [0.4, 0.5) is 10.1 Å². The summed E-state index contributed by atoms with van der Waals surface area (Å²) in [6.07, 6.45) is 1.75. The number of hydrogen-bond donors (Lipinski definition) is 4. The van der Waals surface area contributed by atoms with Gasteiger partial charge in [-0.2, -0.15) is 0 Å². The van der Waals surface area contributed by atoms with Crippen LogP contribution < -0.4 is 16.4 Å². The number of anilines is 1. The third-order valence-electron chi connectivity index (χ3n) is 3.34. The molecular weight excluding hydrogens is 430 g/mol. The lowest BCUT2D eigenvalue weighted by Crippen LogP contribution is -2.47. The largest absolute Gasteiger partial charge is 0.394 e. The van der Waals surface area contributed by atoms with E-state index >= 15 is 0 Å². The molecule has 0 unspecified atom stereocenters. The second-order valence-electron chi connectivity index (χ2n) is 5.04. The van der Waals surface area contributed by atoms with E-state index in [9.17, 15) is 14.0 Å². The minimum absolute atomic E-state index is 0.206. The second-order valence-corrected chi connectivity index (χ2v) is 6.28. The van der Waals surface area contributed by atoms with Crippen LogP contribution in [0.5, 0.6) is 0 Å². The smallest absolute Gasteiger partial charge is 0.250 e. The van der Waals surface area contributed by atoms with Gasteiger partial charge in [0.15, 0.2) is 0 Å². The highest BCUT2D eigenvalue weighted by Crippen LogP contribution is 2.21. The van der Waals surface area contributed by atoms with Gasteiger partial charge in [-0.15, -0.1) is 0 Å². The molecule has 9 heteroatoms. The van der Waals surface area contributed by atoms with Crippen LogP contribution in [0.25, 0.3) is 0 Å². The lowest BCUT2D eigenvalue weighted by molar-refractivity contribution is -0.126. The molecule has 1 aromatic rings. The van der Waals surface area contributed by atoms with Crippen molar-refractivity contribution in [3.05, 3.63) is 38.9 Å². The lowest BCUT2D eigenvalue weighted by atomic mass is 10.1. The molecule has 0 fully saturated rings. The molecule has 0 saturated heterocycles. The van der Waals surface area contributed by atoms with Gasteiger partial charge in [0, 0.05) is 21.9 Å². The Morgan fingerprint density at radius 2 is 2.21 bits per heavy atom. The summed E-state index contributed by atoms with van der Waals surface area (Å²) in [6, 6.07) is 3.46. The van der Waals surface area contributed by atoms with E-state index in [0.29, 0.717) is 24.2 Å². The molecule has 1 aromatic carbocycles. The van der Waals surface area contributed by atoms with E-state index < -0.39 is 30.3 Å². The molecule has 1 heterocycles. The maximum absolute atomic E-state index is 14.0. The first-order valence-electron chi connectivity index (χ1n) is 7.08. The molecule has 0 aromatic heterocycles. The number of dihydropyridines is 1. The zero-order chi connectivity index (χ0) is 17.7. The van der Waals surface area contributed by atoms with E-state index in [1.54, 1.807) is 12.1 Å². The van der Waals surface area contributed by atoms with Crippen molar-refractivity contribution in [3.63, 3.8) is 0 Å². The molecule has 7 nitrogen and oxygen atoms in total. The zero-order valence-corrected chi connectivity index (χ0v) is 14.7. The minimum Gasteiger partial charge on any atom is -0.394 e. The van der Waals surface area contributed by atoms with Gasteiger partial charge >= 0.3 is 0 Å². The number of nitrogens with two attached hydrogens (primary N) is 1. The Balaban J connectivity index is 2.25. The normalized spacial score (nSPS) is 15.1. The van der Waals surface area contributed by atoms with Crippen LogP contribution in [0.15, 0.2) is 34.5 Å². The van der Waals surface area contributed by atoms with E-state index in [4.69, 9.17) is 10.8 Å². The molecule has 24 heavy (non-hydrogen) atoms. The van der Waals surface area contributed by atoms with Crippen molar-refractivity contribution >= 4 is 46.3 Å². The van der Waals surface area contributed by atoms with Gasteiger partial charge in [-0.05, 0) is 47.2 Å². The molecule has 2 rings (SSSR count). The summed E-state index contributed by atoms with van der Waals surface area (Å²) in [7, 11) is 0. The summed E-state index contributed by atoms with van der Waals surface area (Å²) in [6.45, 7) is -0.208. The summed E-state index contributed by atoms with van der Waals surface area (Å²) >= 11 is 1.99. The summed E-state index contributed by atoms with van der Waals surface area (Å²) in [5, 5.41) is 14.3. The first kappa shape index (κ1) is 18.3. The molecule has 1 aliphatic rings. The van der Waals surface area contributed by atoms with Crippen LogP contribution in [0.1, 0.15) is 6.42 Å². The number of primary amides is 1. The van der Waals surface area contributed by atoms with Gasteiger partial charge in [-0.1, -0.05) is 0 Å². The Morgan fingerprint density at radius 1 is 1.46 bits per heavy atom. The fourth-order valence-corrected chi connectivity index (χ4v) is 2.53. The Kier molecular flexibility index (Phi) is 6.26. The number of carbonyl (C=O) groups excluding carboxylic acids is 2. The van der Waals surface area contributed by atoms with Crippen LogP contribution in [0.3, 0.4) is 0 Å². The molecular formula is C15H16FIN4O3. The molecule has 128 valence electrons. The highest BCUT2D eigenvalue weighted by Gasteiger charge is 2.23. The van der Waals surface area contributed by atoms with Gasteiger partial charge in [-0.3, -0.25) is 14.6 Å². The van der Waals surface area contributed by atoms with Crippen molar-refractivity contribution in [3.8, 4) is 0 Å². The van der Waals surface area contributed by atoms with Gasteiger partial charge in [0.25, 0.3) is 0 Å². The van der Waals surface area contributed by atoms with Crippen molar-refractivity contribution in [2.75, 3.05) is 18.5 Å². The highest BCUT2D eigenvalue weighted by molar-refractivity contribution is 14.1. The van der Waals surface area contributed by atoms with Crippen LogP contribution in [0, 0.1) is 9.39 Å². The summed E-state index contributed by atoms with van der Waals surface area (Å²) in [4.78, 5) is 27.5. The van der Waals surface area contributed by atoms with Crippen LogP contribution in [-0.2, 0) is 9.59 Å². The fraction of sp³-hybridized carbons (Fsp3) is 0.267. The second kappa shape index (κ2) is 8.20. The lowest BCUT2D eigenvalue weighted by Gasteiger charge is -2.19. The van der Waals surface area contributed by atoms with Crippen molar-refractivity contribution < 1.29 is 19.1 Å². The monoisotopic (exact) mass is 446 g/mol. The van der Waals surface area contributed by atoms with E-state index in [1.807, 2.05) is 22.6 Å². The minimum atomic E-state index is -1.18. The van der Waals surface area contributed by atoms with Gasteiger partial charge in [-0.25, -0.2) is 4.39 Å². The SMILES string of the molecule is NC(=O)[C@H](CO)NC(=O)C1=C(Nc2ccc(I)cc2F)C=NCC1. The van der Waals surface area contributed by atoms with Crippen molar-refractivity contribution in [2.24, 2.45) is 10.7 Å². The average Bonchev–Trinajstić information content (AvgIpc) is 2.55. The topological polar surface area (TPSA) is 117 Å². The molecule has 0 bridgehead atoms. The number of rotatable bonds is 6. The van der Waals surface area contributed by atoms with E-state index in [2.05, 4.69) is 15.6 Å². The summed E-state index contributed by atoms with van der Waals surface area (Å²) < 4.78 is 14.7. The van der Waals surface area contributed by atoms with Crippen LogP contribution in [0.2, 0.25) is 0 Å². The van der Waals surface area contributed by atoms with Gasteiger partial charge in [0.1, 0.15) is 11.9 Å². The molecule has 5 N–H and O–H groups in total. The third-order valence-corrected chi connectivity index (χ3v) is 4.01. The molecule has 0 saturated carbocycles. The number of amides is 2. The maximum Gasteiger partial charge on any atom is 0.250 e. The van der Waals surface area contributed by atoms with Crippen LogP contribution in [-0.4, -0.2) is 42.3 Å². The standard InChI is InChI=1S/C15H16FIN4O3/c16-10-5-8(17)1-2-11(10)20-12-6-19-4-3-9(12)15(24)21-13(7-22)14(18)23/h1-2,5-6,13,20,22H,3-4,7H2,(H2,18,23)(H,21,24)/t13-/m0/s1. The number of aliphatic hydroxyl groups excluding tert-OH is 1. The Morgan fingerprint density at radius 3 is 2.83 bits per heavy atom. The number of aliphatic imine (C=N–C) groups is 1. The molecule has 1 aliphatic heterocycles. The number of nitrogens with one attached hydrogen (secondary N) is 2. The number of carbonyl (C=O) groups is 2. The fourth-order valence-electron chi connectivity index (χ4n) is 2.08. The van der Waals surface area contributed by atoms with Crippen LogP contribution >= 0.6 is 22.6 Å². The van der Waals surface area contributed by atoms with E-state index in [-0.39, 0.29) is 5.69 Å². The first-order chi connectivity index (χ1) is 11.4. The number of aliphatic hydroxyl groups is 1. The maximum atomic E-state index is 14.0. The summed E-state index contributed by atoms with van der Waals surface area (Å²) in [5.74, 6) is -1.86. The molecule has 0 aliphatic carbocycles. The van der Waals surface area contributed by atoms with Gasteiger partial charge in [0.2, 0.25) is 11.8 Å². The van der Waals surface area contributed by atoms with Crippen molar-refractivity contribution in [2.45, 2.75) is 12.5 Å². The number of benzene rings is 1. The van der Waals surface area contributed by atoms with Gasteiger partial charge in [0.05, 0.1) is 18.0 Å². The summed E-state index contributed by atoms with van der Waals surface area (Å²) in [5.41, 5.74) is 5.94. The Hall–Kier alpha value is -2.01. The first-order valence-corrected chi connectivity index (χ1v) is 8.16. The van der Waals surface area contributed by atoms with Crippen molar-refractivity contribution in [1.82, 2.24) is 5.32 Å². The van der Waals surface area contributed by atoms with E-state index in [0.717, 1.165) is 3.57 Å². The molecule has 0 spiro atoms. The molecule has 2 amide bonds. The number of allylic oxidation sites excluding steroid dienone is 1.